The molecule has 0 radical (unpaired) electrons. The highest BCUT2D eigenvalue weighted by Gasteiger charge is 2.22. The highest BCUT2D eigenvalue weighted by atomic mass is 16.5. The number of ether oxygens (including phenoxy) is 1. The number of rotatable bonds is 5. The van der Waals surface area contributed by atoms with Crippen LogP contribution in [0.25, 0.3) is 11.1 Å². The van der Waals surface area contributed by atoms with E-state index in [1.165, 1.54) is 16.7 Å². The number of nitrogens with zero attached hydrogens (tertiary/aromatic N) is 3. The molecule has 29 heavy (non-hydrogen) atoms. The van der Waals surface area contributed by atoms with Gasteiger partial charge in [-0.3, -0.25) is 4.68 Å². The lowest BCUT2D eigenvalue weighted by Crippen LogP contribution is -2.18. The molecule has 0 aliphatic rings. The third kappa shape index (κ3) is 4.06. The van der Waals surface area contributed by atoms with E-state index in [9.17, 15) is 0 Å². The predicted octanol–water partition coefficient (Wildman–Crippen LogP) is 5.91. The first-order valence-corrected chi connectivity index (χ1v) is 9.72. The van der Waals surface area contributed by atoms with Gasteiger partial charge in [-0.15, -0.1) is 0 Å². The van der Waals surface area contributed by atoms with E-state index in [1.807, 2.05) is 43.7 Å². The second kappa shape index (κ2) is 7.55. The zero-order valence-electron chi connectivity index (χ0n) is 17.3. The lowest BCUT2D eigenvalue weighted by Gasteiger charge is -2.26. The highest BCUT2D eigenvalue weighted by Crippen LogP contribution is 2.33. The number of aromatic nitrogens is 3. The van der Waals surface area contributed by atoms with E-state index in [0.717, 1.165) is 16.9 Å². The van der Waals surface area contributed by atoms with Crippen LogP contribution in [0, 0.1) is 6.92 Å². The summed E-state index contributed by atoms with van der Waals surface area (Å²) in [6.07, 6.45) is 5.60. The van der Waals surface area contributed by atoms with Crippen molar-refractivity contribution in [1.29, 1.82) is 0 Å². The molecule has 0 saturated heterocycles. The van der Waals surface area contributed by atoms with Crippen LogP contribution in [0.4, 0.5) is 0 Å². The van der Waals surface area contributed by atoms with Gasteiger partial charge in [0.25, 0.3) is 0 Å². The molecular weight excluding hydrogens is 358 g/mol. The van der Waals surface area contributed by atoms with Gasteiger partial charge >= 0.3 is 0 Å². The molecule has 0 aliphatic heterocycles. The van der Waals surface area contributed by atoms with E-state index in [4.69, 9.17) is 4.74 Å². The molecule has 0 amide bonds. The van der Waals surface area contributed by atoms with Crippen molar-refractivity contribution in [2.75, 3.05) is 0 Å². The van der Waals surface area contributed by atoms with Crippen LogP contribution in [0.5, 0.6) is 11.6 Å². The molecule has 0 unspecified atom stereocenters. The molecule has 4 heteroatoms. The molecule has 0 fully saturated rings. The van der Waals surface area contributed by atoms with Crippen molar-refractivity contribution < 1.29 is 4.74 Å². The Morgan fingerprint density at radius 3 is 2.00 bits per heavy atom. The Hall–Kier alpha value is -3.40. The van der Waals surface area contributed by atoms with Crippen molar-refractivity contribution in [1.82, 2.24) is 14.8 Å². The maximum Gasteiger partial charge on any atom is 0.219 e. The van der Waals surface area contributed by atoms with E-state index < -0.39 is 0 Å². The molecule has 0 aliphatic carbocycles. The third-order valence-corrected chi connectivity index (χ3v) is 5.35. The number of hydrogen-bond acceptors (Lipinski definition) is 3. The summed E-state index contributed by atoms with van der Waals surface area (Å²) >= 11 is 0. The van der Waals surface area contributed by atoms with Crippen molar-refractivity contribution >= 4 is 0 Å². The standard InChI is InChI=1S/C25H25N3O/c1-18-5-8-21(9-6-18)25(2,3)22-10-12-23(13-11-22)29-24-14-7-19(15-26-24)20-16-27-28(4)17-20/h5-17H,1-4H3. The molecule has 4 nitrogen and oxygen atoms in total. The molecule has 0 N–H and O–H groups in total. The average Bonchev–Trinajstić information content (AvgIpc) is 3.16. The van der Waals surface area contributed by atoms with Crippen LogP contribution in [0.2, 0.25) is 0 Å². The van der Waals surface area contributed by atoms with Gasteiger partial charge < -0.3 is 4.74 Å². The van der Waals surface area contributed by atoms with E-state index in [-0.39, 0.29) is 5.41 Å². The molecule has 0 spiro atoms. The molecule has 2 heterocycles. The first kappa shape index (κ1) is 18.9. The third-order valence-electron chi connectivity index (χ3n) is 5.35. The number of pyridine rings is 1. The first-order chi connectivity index (χ1) is 13.9. The molecule has 4 rings (SSSR count). The van der Waals surface area contributed by atoms with Crippen LogP contribution >= 0.6 is 0 Å². The summed E-state index contributed by atoms with van der Waals surface area (Å²) in [6.45, 7) is 6.60. The summed E-state index contributed by atoms with van der Waals surface area (Å²) in [5, 5.41) is 4.19. The van der Waals surface area contributed by atoms with Gasteiger partial charge in [0, 0.05) is 42.0 Å². The van der Waals surface area contributed by atoms with E-state index >= 15 is 0 Å². The van der Waals surface area contributed by atoms with Crippen LogP contribution in [-0.4, -0.2) is 14.8 Å². The van der Waals surface area contributed by atoms with E-state index in [2.05, 4.69) is 67.3 Å². The Morgan fingerprint density at radius 2 is 1.45 bits per heavy atom. The molecule has 0 bridgehead atoms. The molecule has 0 atom stereocenters. The summed E-state index contributed by atoms with van der Waals surface area (Å²) < 4.78 is 7.71. The van der Waals surface area contributed by atoms with Crippen molar-refractivity contribution in [3.8, 4) is 22.8 Å². The highest BCUT2D eigenvalue weighted by molar-refractivity contribution is 5.60. The minimum atomic E-state index is -0.0736. The maximum absolute atomic E-state index is 5.93. The normalized spacial score (nSPS) is 11.4. The Balaban J connectivity index is 1.48. The monoisotopic (exact) mass is 383 g/mol. The molecule has 2 aromatic carbocycles. The van der Waals surface area contributed by atoms with Crippen molar-refractivity contribution in [2.45, 2.75) is 26.2 Å². The fourth-order valence-electron chi connectivity index (χ4n) is 3.38. The summed E-state index contributed by atoms with van der Waals surface area (Å²) in [6, 6.07) is 20.9. The molecule has 4 aromatic rings. The Morgan fingerprint density at radius 1 is 0.793 bits per heavy atom. The summed E-state index contributed by atoms with van der Waals surface area (Å²) in [5.41, 5.74) is 5.79. The lowest BCUT2D eigenvalue weighted by molar-refractivity contribution is 0.462. The van der Waals surface area contributed by atoms with Crippen molar-refractivity contribution in [3.05, 3.63) is 95.9 Å². The minimum absolute atomic E-state index is 0.0736. The first-order valence-electron chi connectivity index (χ1n) is 9.72. The fourth-order valence-corrected chi connectivity index (χ4v) is 3.38. The number of aryl methyl sites for hydroxylation is 2. The molecule has 146 valence electrons. The van der Waals surface area contributed by atoms with Gasteiger partial charge in [-0.2, -0.15) is 5.10 Å². The largest absolute Gasteiger partial charge is 0.439 e. The van der Waals surface area contributed by atoms with Crippen molar-refractivity contribution in [2.24, 2.45) is 7.05 Å². The minimum Gasteiger partial charge on any atom is -0.439 e. The van der Waals surface area contributed by atoms with E-state index in [0.29, 0.717) is 5.88 Å². The lowest BCUT2D eigenvalue weighted by atomic mass is 9.78. The second-order valence-electron chi connectivity index (χ2n) is 7.91. The number of hydrogen-bond donors (Lipinski definition) is 0. The van der Waals surface area contributed by atoms with Crippen LogP contribution < -0.4 is 4.74 Å². The SMILES string of the molecule is Cc1ccc(C(C)(C)c2ccc(Oc3ccc(-c4cnn(C)c4)cn3)cc2)cc1. The molecular formula is C25H25N3O. The Labute approximate surface area is 171 Å². The molecule has 0 saturated carbocycles. The van der Waals surface area contributed by atoms with Gasteiger partial charge in [-0.1, -0.05) is 55.8 Å². The van der Waals surface area contributed by atoms with Gasteiger partial charge in [-0.25, -0.2) is 4.98 Å². The van der Waals surface area contributed by atoms with Crippen LogP contribution in [0.15, 0.2) is 79.3 Å². The average molecular weight is 383 g/mol. The maximum atomic E-state index is 5.93. The number of benzene rings is 2. The topological polar surface area (TPSA) is 39.9 Å². The summed E-state index contributed by atoms with van der Waals surface area (Å²) in [5.74, 6) is 1.35. The summed E-state index contributed by atoms with van der Waals surface area (Å²) in [7, 11) is 1.90. The van der Waals surface area contributed by atoms with E-state index in [1.54, 1.807) is 10.9 Å². The zero-order chi connectivity index (χ0) is 20.4. The van der Waals surface area contributed by atoms with Crippen LogP contribution in [-0.2, 0) is 12.5 Å². The van der Waals surface area contributed by atoms with Gasteiger partial charge in [-0.05, 0) is 36.2 Å². The van der Waals surface area contributed by atoms with Crippen LogP contribution in [0.1, 0.15) is 30.5 Å². The van der Waals surface area contributed by atoms with Gasteiger partial charge in [0.15, 0.2) is 0 Å². The predicted molar refractivity (Wildman–Crippen MR) is 116 cm³/mol. The van der Waals surface area contributed by atoms with Gasteiger partial charge in [0.2, 0.25) is 5.88 Å². The van der Waals surface area contributed by atoms with Crippen LogP contribution in [0.3, 0.4) is 0 Å². The van der Waals surface area contributed by atoms with Crippen molar-refractivity contribution in [3.63, 3.8) is 0 Å². The quantitative estimate of drug-likeness (QED) is 0.430. The van der Waals surface area contributed by atoms with Gasteiger partial charge in [0.1, 0.15) is 5.75 Å². The second-order valence-corrected chi connectivity index (χ2v) is 7.91. The Kier molecular flexibility index (Phi) is 4.93. The summed E-state index contributed by atoms with van der Waals surface area (Å²) in [4.78, 5) is 4.43. The van der Waals surface area contributed by atoms with Gasteiger partial charge in [0.05, 0.1) is 6.20 Å². The zero-order valence-corrected chi connectivity index (χ0v) is 17.3. The Bertz CT molecular complexity index is 1090. The smallest absolute Gasteiger partial charge is 0.219 e. The fraction of sp³-hybridized carbons (Fsp3) is 0.200. The molecule has 2 aromatic heterocycles.